The van der Waals surface area contributed by atoms with Gasteiger partial charge in [0, 0.05) is 19.8 Å². The molecule has 0 aliphatic carbocycles. The number of aliphatic imine (C=N–C) groups is 1. The number of aromatic nitrogens is 2. The quantitative estimate of drug-likeness (QED) is 0.285. The van der Waals surface area contributed by atoms with E-state index in [1.807, 2.05) is 49.0 Å². The highest BCUT2D eigenvalue weighted by atomic mass is 127. The highest BCUT2D eigenvalue weighted by Gasteiger charge is 2.08. The van der Waals surface area contributed by atoms with Crippen molar-refractivity contribution < 1.29 is 8.42 Å². The first-order valence-electron chi connectivity index (χ1n) is 8.41. The Morgan fingerprint density at radius 1 is 1.15 bits per heavy atom. The molecule has 1 aromatic carbocycles. The molecule has 150 valence electrons. The number of benzene rings is 1. The number of guanidine groups is 1. The normalized spacial score (nSPS) is 11.7. The van der Waals surface area contributed by atoms with Crippen LogP contribution in [0.1, 0.15) is 23.7 Å². The number of halogens is 1. The Hall–Kier alpha value is -1.66. The number of hydrogen-bond acceptors (Lipinski definition) is 4. The van der Waals surface area contributed by atoms with Crippen molar-refractivity contribution in [2.75, 3.05) is 13.6 Å². The number of rotatable bonds is 8. The van der Waals surface area contributed by atoms with Gasteiger partial charge in [-0.2, -0.15) is 5.10 Å². The van der Waals surface area contributed by atoms with Gasteiger partial charge >= 0.3 is 0 Å². The van der Waals surface area contributed by atoms with Crippen LogP contribution >= 0.6 is 24.0 Å². The molecule has 0 saturated heterocycles. The van der Waals surface area contributed by atoms with Gasteiger partial charge in [-0.1, -0.05) is 24.3 Å². The van der Waals surface area contributed by atoms with Crippen molar-refractivity contribution in [3.05, 3.63) is 53.3 Å². The molecule has 10 heteroatoms. The van der Waals surface area contributed by atoms with Gasteiger partial charge in [0.1, 0.15) is 0 Å². The molecule has 8 nitrogen and oxygen atoms in total. The molecule has 0 atom stereocenters. The van der Waals surface area contributed by atoms with E-state index < -0.39 is 10.0 Å². The SMILES string of the molecule is CCNC(=NCc1ccc(CS(=O)(=O)NC)cc1)NCc1ccnn1C.I. The van der Waals surface area contributed by atoms with E-state index >= 15 is 0 Å². The Bertz CT molecular complexity index is 833. The number of nitrogens with one attached hydrogen (secondary N) is 3. The van der Waals surface area contributed by atoms with E-state index in [-0.39, 0.29) is 29.7 Å². The van der Waals surface area contributed by atoms with Gasteiger partial charge in [-0.05, 0) is 31.2 Å². The zero-order valence-corrected chi connectivity index (χ0v) is 18.9. The minimum absolute atomic E-state index is 0. The molecular formula is C17H27IN6O2S. The second-order valence-electron chi connectivity index (χ2n) is 5.77. The summed E-state index contributed by atoms with van der Waals surface area (Å²) in [6, 6.07) is 9.38. The van der Waals surface area contributed by atoms with Gasteiger partial charge in [-0.25, -0.2) is 18.1 Å². The monoisotopic (exact) mass is 506 g/mol. The molecular weight excluding hydrogens is 479 g/mol. The van der Waals surface area contributed by atoms with Crippen LogP contribution in [0.5, 0.6) is 0 Å². The van der Waals surface area contributed by atoms with Crippen molar-refractivity contribution in [3.63, 3.8) is 0 Å². The van der Waals surface area contributed by atoms with E-state index in [1.54, 1.807) is 6.20 Å². The molecule has 3 N–H and O–H groups in total. The summed E-state index contributed by atoms with van der Waals surface area (Å²) in [6.07, 6.45) is 1.76. The lowest BCUT2D eigenvalue weighted by atomic mass is 10.1. The van der Waals surface area contributed by atoms with Crippen LogP contribution in [-0.4, -0.2) is 37.8 Å². The molecule has 0 radical (unpaired) electrons. The highest BCUT2D eigenvalue weighted by molar-refractivity contribution is 14.0. The lowest BCUT2D eigenvalue weighted by Gasteiger charge is -2.11. The molecule has 2 aromatic rings. The summed E-state index contributed by atoms with van der Waals surface area (Å²) >= 11 is 0. The van der Waals surface area contributed by atoms with Crippen molar-refractivity contribution in [2.45, 2.75) is 25.8 Å². The molecule has 0 aliphatic heterocycles. The molecule has 0 saturated carbocycles. The molecule has 1 heterocycles. The molecule has 0 spiro atoms. The Labute approximate surface area is 177 Å². The van der Waals surface area contributed by atoms with Crippen LogP contribution in [0.3, 0.4) is 0 Å². The van der Waals surface area contributed by atoms with Gasteiger partial charge in [0.25, 0.3) is 0 Å². The summed E-state index contributed by atoms with van der Waals surface area (Å²) in [6.45, 7) is 3.90. The predicted molar refractivity (Wildman–Crippen MR) is 118 cm³/mol. The van der Waals surface area contributed by atoms with Crippen molar-refractivity contribution in [1.29, 1.82) is 0 Å². The fourth-order valence-corrected chi connectivity index (χ4v) is 3.07. The average molecular weight is 506 g/mol. The predicted octanol–water partition coefficient (Wildman–Crippen LogP) is 1.34. The van der Waals surface area contributed by atoms with Crippen molar-refractivity contribution in [2.24, 2.45) is 12.0 Å². The molecule has 0 bridgehead atoms. The molecule has 0 aliphatic rings. The summed E-state index contributed by atoms with van der Waals surface area (Å²) in [7, 11) is 0.0600. The van der Waals surface area contributed by atoms with E-state index in [4.69, 9.17) is 0 Å². The van der Waals surface area contributed by atoms with Crippen molar-refractivity contribution in [1.82, 2.24) is 25.1 Å². The van der Waals surface area contributed by atoms with E-state index in [2.05, 4.69) is 25.4 Å². The van der Waals surface area contributed by atoms with Crippen LogP contribution in [0.4, 0.5) is 0 Å². The maximum atomic E-state index is 11.6. The zero-order valence-electron chi connectivity index (χ0n) is 15.8. The minimum Gasteiger partial charge on any atom is -0.357 e. The van der Waals surface area contributed by atoms with E-state index in [9.17, 15) is 8.42 Å². The maximum Gasteiger partial charge on any atom is 0.215 e. The first kappa shape index (κ1) is 23.4. The van der Waals surface area contributed by atoms with Crippen LogP contribution in [0.2, 0.25) is 0 Å². The second-order valence-corrected chi connectivity index (χ2v) is 7.70. The van der Waals surface area contributed by atoms with Crippen LogP contribution in [-0.2, 0) is 35.9 Å². The van der Waals surface area contributed by atoms with E-state index in [0.29, 0.717) is 13.1 Å². The zero-order chi connectivity index (χ0) is 19.0. The first-order chi connectivity index (χ1) is 12.4. The van der Waals surface area contributed by atoms with Gasteiger partial charge < -0.3 is 10.6 Å². The third kappa shape index (κ3) is 7.85. The number of nitrogens with zero attached hydrogens (tertiary/aromatic N) is 3. The number of aryl methyl sites for hydroxylation is 1. The number of sulfonamides is 1. The Morgan fingerprint density at radius 3 is 2.37 bits per heavy atom. The summed E-state index contributed by atoms with van der Waals surface area (Å²) in [4.78, 5) is 4.57. The van der Waals surface area contributed by atoms with Gasteiger partial charge in [-0.15, -0.1) is 24.0 Å². The lowest BCUT2D eigenvalue weighted by molar-refractivity contribution is 0.587. The lowest BCUT2D eigenvalue weighted by Crippen LogP contribution is -2.37. The topological polar surface area (TPSA) is 100 Å². The number of hydrogen-bond donors (Lipinski definition) is 3. The summed E-state index contributed by atoms with van der Waals surface area (Å²) in [5.74, 6) is 0.692. The van der Waals surface area contributed by atoms with Crippen LogP contribution < -0.4 is 15.4 Å². The Kier molecular flexibility index (Phi) is 9.74. The van der Waals surface area contributed by atoms with Crippen LogP contribution in [0.15, 0.2) is 41.5 Å². The third-order valence-corrected chi connectivity index (χ3v) is 5.15. The standard InChI is InChI=1S/C17H26N6O2S.HI/c1-4-19-17(21-12-16-9-10-22-23(16)3)20-11-14-5-7-15(8-6-14)13-26(24,25)18-2;/h5-10,18H,4,11-13H2,1-3H3,(H2,19,20,21);1H. The summed E-state index contributed by atoms with van der Waals surface area (Å²) in [5.41, 5.74) is 2.81. The second kappa shape index (κ2) is 11.2. The van der Waals surface area contributed by atoms with Gasteiger partial charge in [0.15, 0.2) is 5.96 Å². The fraction of sp³-hybridized carbons (Fsp3) is 0.412. The Balaban J connectivity index is 0.00000364. The smallest absolute Gasteiger partial charge is 0.215 e. The van der Waals surface area contributed by atoms with Crippen LogP contribution in [0, 0.1) is 0 Å². The average Bonchev–Trinajstić information content (AvgIpc) is 3.03. The largest absolute Gasteiger partial charge is 0.357 e. The first-order valence-corrected chi connectivity index (χ1v) is 10.1. The minimum atomic E-state index is -3.26. The molecule has 27 heavy (non-hydrogen) atoms. The fourth-order valence-electron chi connectivity index (χ4n) is 2.29. The van der Waals surface area contributed by atoms with Crippen LogP contribution in [0.25, 0.3) is 0 Å². The van der Waals surface area contributed by atoms with Crippen molar-refractivity contribution in [3.8, 4) is 0 Å². The van der Waals surface area contributed by atoms with E-state index in [1.165, 1.54) is 7.05 Å². The third-order valence-electron chi connectivity index (χ3n) is 3.81. The molecule has 2 rings (SSSR count). The van der Waals surface area contributed by atoms with Gasteiger partial charge in [0.2, 0.25) is 10.0 Å². The Morgan fingerprint density at radius 2 is 1.81 bits per heavy atom. The molecule has 1 aromatic heterocycles. The van der Waals surface area contributed by atoms with Gasteiger partial charge in [-0.3, -0.25) is 4.68 Å². The molecule has 0 fully saturated rings. The highest BCUT2D eigenvalue weighted by Crippen LogP contribution is 2.08. The van der Waals surface area contributed by atoms with Gasteiger partial charge in [0.05, 0.1) is 24.5 Å². The molecule has 0 amide bonds. The van der Waals surface area contributed by atoms with Crippen molar-refractivity contribution >= 4 is 40.0 Å². The summed E-state index contributed by atoms with van der Waals surface area (Å²) in [5, 5.41) is 10.6. The molecule has 0 unspecified atom stereocenters. The van der Waals surface area contributed by atoms with E-state index in [0.717, 1.165) is 29.3 Å². The summed E-state index contributed by atoms with van der Waals surface area (Å²) < 4.78 is 27.3. The maximum absolute atomic E-state index is 11.6.